The number of halogens is 1. The first kappa shape index (κ1) is 22.3. The van der Waals surface area contributed by atoms with Crippen molar-refractivity contribution in [2.75, 3.05) is 26.4 Å². The molecule has 1 aliphatic rings. The summed E-state index contributed by atoms with van der Waals surface area (Å²) in [6.07, 6.45) is 5.34. The Labute approximate surface area is 196 Å². The lowest BCUT2D eigenvalue weighted by atomic mass is 10.1. The molecular weight excluding hydrogens is 441 g/mol. The molecule has 0 radical (unpaired) electrons. The number of benzene rings is 2. The van der Waals surface area contributed by atoms with E-state index in [1.807, 2.05) is 26.2 Å². The number of fused-ring (bicyclic) bond motifs is 1. The van der Waals surface area contributed by atoms with Gasteiger partial charge in [-0.2, -0.15) is 5.10 Å². The largest absolute Gasteiger partial charge is 0.491 e. The highest BCUT2D eigenvalue weighted by Gasteiger charge is 2.17. The standard InChI is InChI=1S/C24H26FN5O4/c1-29-15-26-28-24(29)16-11-17-14-27-30(2)23(17)22(12-16)34-21-4-3-19(13-20(21)25)33-10-9-32-18-5-7-31-8-6-18/h3-4,11-15,18H,5-10H2,1-2H3. The van der Waals surface area contributed by atoms with E-state index in [0.717, 1.165) is 42.5 Å². The normalized spacial score (nSPS) is 14.6. The Kier molecular flexibility index (Phi) is 6.41. The summed E-state index contributed by atoms with van der Waals surface area (Å²) in [7, 11) is 3.67. The van der Waals surface area contributed by atoms with Crippen molar-refractivity contribution >= 4 is 10.9 Å². The third kappa shape index (κ3) is 4.73. The molecule has 0 aliphatic carbocycles. The first-order chi connectivity index (χ1) is 16.6. The minimum absolute atomic E-state index is 0.0865. The Morgan fingerprint density at radius 3 is 2.71 bits per heavy atom. The Hall–Kier alpha value is -3.50. The van der Waals surface area contributed by atoms with Crippen LogP contribution in [0.3, 0.4) is 0 Å². The maximum absolute atomic E-state index is 14.9. The van der Waals surface area contributed by atoms with Crippen molar-refractivity contribution in [2.45, 2.75) is 18.9 Å². The fourth-order valence-electron chi connectivity index (χ4n) is 4.02. The number of aryl methyl sites for hydroxylation is 2. The monoisotopic (exact) mass is 467 g/mol. The summed E-state index contributed by atoms with van der Waals surface area (Å²) in [5.74, 6) is 1.11. The van der Waals surface area contributed by atoms with E-state index in [0.29, 0.717) is 30.5 Å². The summed E-state index contributed by atoms with van der Waals surface area (Å²) in [6.45, 7) is 2.24. The van der Waals surface area contributed by atoms with E-state index in [1.165, 1.54) is 6.07 Å². The van der Waals surface area contributed by atoms with Crippen LogP contribution in [0.25, 0.3) is 22.3 Å². The van der Waals surface area contributed by atoms with Gasteiger partial charge in [0.15, 0.2) is 23.1 Å². The van der Waals surface area contributed by atoms with E-state index in [4.69, 9.17) is 18.9 Å². The molecule has 1 aliphatic heterocycles. The summed E-state index contributed by atoms with van der Waals surface area (Å²) >= 11 is 0. The van der Waals surface area contributed by atoms with Crippen molar-refractivity contribution < 1.29 is 23.3 Å². The van der Waals surface area contributed by atoms with Gasteiger partial charge in [0, 0.05) is 44.3 Å². The Morgan fingerprint density at radius 2 is 1.94 bits per heavy atom. The molecule has 0 N–H and O–H groups in total. The Bertz CT molecular complexity index is 1280. The van der Waals surface area contributed by atoms with Crippen molar-refractivity contribution in [2.24, 2.45) is 14.1 Å². The second kappa shape index (κ2) is 9.78. The summed E-state index contributed by atoms with van der Waals surface area (Å²) < 4.78 is 41.2. The quantitative estimate of drug-likeness (QED) is 0.364. The van der Waals surface area contributed by atoms with Crippen LogP contribution in [-0.2, 0) is 23.6 Å². The molecule has 2 aromatic carbocycles. The van der Waals surface area contributed by atoms with Gasteiger partial charge in [0.2, 0.25) is 0 Å². The molecule has 0 unspecified atom stereocenters. The van der Waals surface area contributed by atoms with E-state index in [9.17, 15) is 4.39 Å². The fraction of sp³-hybridized carbons (Fsp3) is 0.375. The average Bonchev–Trinajstić information content (AvgIpc) is 3.44. The predicted octanol–water partition coefficient (Wildman–Crippen LogP) is 3.87. The molecule has 4 aromatic rings. The molecule has 1 fully saturated rings. The van der Waals surface area contributed by atoms with E-state index < -0.39 is 5.82 Å². The van der Waals surface area contributed by atoms with Crippen LogP contribution in [0.1, 0.15) is 12.8 Å². The predicted molar refractivity (Wildman–Crippen MR) is 122 cm³/mol. The lowest BCUT2D eigenvalue weighted by Crippen LogP contribution is -2.25. The van der Waals surface area contributed by atoms with Crippen LogP contribution in [0.5, 0.6) is 17.2 Å². The zero-order valence-electron chi connectivity index (χ0n) is 19.1. The maximum atomic E-state index is 14.9. The second-order valence-corrected chi connectivity index (χ2v) is 8.17. The van der Waals surface area contributed by atoms with Crippen LogP contribution in [0.4, 0.5) is 4.39 Å². The fourth-order valence-corrected chi connectivity index (χ4v) is 4.02. The minimum atomic E-state index is -0.526. The molecular formula is C24H26FN5O4. The molecule has 178 valence electrons. The van der Waals surface area contributed by atoms with Gasteiger partial charge in [0.1, 0.15) is 24.2 Å². The lowest BCUT2D eigenvalue weighted by molar-refractivity contribution is -0.0388. The van der Waals surface area contributed by atoms with Gasteiger partial charge in [0.25, 0.3) is 0 Å². The maximum Gasteiger partial charge on any atom is 0.169 e. The highest BCUT2D eigenvalue weighted by molar-refractivity contribution is 5.89. The van der Waals surface area contributed by atoms with Crippen LogP contribution in [-0.4, -0.2) is 57.1 Å². The Morgan fingerprint density at radius 1 is 1.09 bits per heavy atom. The van der Waals surface area contributed by atoms with Gasteiger partial charge < -0.3 is 23.5 Å². The van der Waals surface area contributed by atoms with Crippen molar-refractivity contribution in [1.82, 2.24) is 24.5 Å². The number of nitrogens with zero attached hydrogens (tertiary/aromatic N) is 5. The van der Waals surface area contributed by atoms with Crippen molar-refractivity contribution in [3.05, 3.63) is 48.7 Å². The Balaban J connectivity index is 1.30. The molecule has 9 nitrogen and oxygen atoms in total. The zero-order valence-corrected chi connectivity index (χ0v) is 19.1. The third-order valence-corrected chi connectivity index (χ3v) is 5.76. The molecule has 2 aromatic heterocycles. The van der Waals surface area contributed by atoms with Crippen LogP contribution >= 0.6 is 0 Å². The van der Waals surface area contributed by atoms with E-state index in [-0.39, 0.29) is 11.9 Å². The van der Waals surface area contributed by atoms with Crippen LogP contribution in [0.2, 0.25) is 0 Å². The first-order valence-electron chi connectivity index (χ1n) is 11.2. The van der Waals surface area contributed by atoms with Crippen molar-refractivity contribution in [3.8, 4) is 28.6 Å². The highest BCUT2D eigenvalue weighted by atomic mass is 19.1. The smallest absolute Gasteiger partial charge is 0.169 e. The first-order valence-corrected chi connectivity index (χ1v) is 11.2. The van der Waals surface area contributed by atoms with E-state index >= 15 is 0 Å². The summed E-state index contributed by atoms with van der Waals surface area (Å²) in [5.41, 5.74) is 1.54. The van der Waals surface area contributed by atoms with E-state index in [2.05, 4.69) is 15.3 Å². The lowest BCUT2D eigenvalue weighted by Gasteiger charge is -2.22. The molecule has 0 saturated carbocycles. The molecule has 10 heteroatoms. The van der Waals surface area contributed by atoms with Crippen molar-refractivity contribution in [3.63, 3.8) is 0 Å². The van der Waals surface area contributed by atoms with Gasteiger partial charge in [-0.05, 0) is 37.1 Å². The molecule has 0 bridgehead atoms. The highest BCUT2D eigenvalue weighted by Crippen LogP contribution is 2.36. The van der Waals surface area contributed by atoms with Gasteiger partial charge in [-0.15, -0.1) is 10.2 Å². The van der Waals surface area contributed by atoms with Crippen molar-refractivity contribution in [1.29, 1.82) is 0 Å². The second-order valence-electron chi connectivity index (χ2n) is 8.17. The molecule has 0 atom stereocenters. The summed E-state index contributed by atoms with van der Waals surface area (Å²) in [5, 5.41) is 13.3. The number of hydrogen-bond donors (Lipinski definition) is 0. The van der Waals surface area contributed by atoms with Gasteiger partial charge in [-0.1, -0.05) is 0 Å². The van der Waals surface area contributed by atoms with Crippen LogP contribution < -0.4 is 9.47 Å². The summed E-state index contributed by atoms with van der Waals surface area (Å²) in [6, 6.07) is 8.32. The van der Waals surface area contributed by atoms with Crippen LogP contribution in [0.15, 0.2) is 42.9 Å². The van der Waals surface area contributed by atoms with Gasteiger partial charge in [-0.3, -0.25) is 4.68 Å². The minimum Gasteiger partial charge on any atom is -0.491 e. The molecule has 3 heterocycles. The number of hydrogen-bond acceptors (Lipinski definition) is 7. The average molecular weight is 468 g/mol. The molecule has 34 heavy (non-hydrogen) atoms. The molecule has 0 spiro atoms. The zero-order chi connectivity index (χ0) is 23.5. The van der Waals surface area contributed by atoms with Gasteiger partial charge in [0.05, 0.1) is 18.9 Å². The topological polar surface area (TPSA) is 85.5 Å². The number of ether oxygens (including phenoxy) is 4. The third-order valence-electron chi connectivity index (χ3n) is 5.76. The van der Waals surface area contributed by atoms with Gasteiger partial charge >= 0.3 is 0 Å². The molecule has 1 saturated heterocycles. The summed E-state index contributed by atoms with van der Waals surface area (Å²) in [4.78, 5) is 0. The van der Waals surface area contributed by atoms with E-state index in [1.54, 1.807) is 33.9 Å². The number of aromatic nitrogens is 5. The van der Waals surface area contributed by atoms with Crippen LogP contribution in [0, 0.1) is 5.82 Å². The van der Waals surface area contributed by atoms with Gasteiger partial charge in [-0.25, -0.2) is 4.39 Å². The SMILES string of the molecule is Cn1cnnc1-c1cc(Oc2ccc(OCCOC3CCOCC3)cc2F)c2c(cnn2C)c1. The molecule has 5 rings (SSSR count). The molecule has 0 amide bonds. The number of rotatable bonds is 8.